The number of halogens is 3. The quantitative estimate of drug-likeness (QED) is 0.742. The molecule has 1 aromatic carbocycles. The highest BCUT2D eigenvalue weighted by Crippen LogP contribution is 2.29. The molecule has 0 aliphatic heterocycles. The summed E-state index contributed by atoms with van der Waals surface area (Å²) in [5, 5.41) is 0. The van der Waals surface area contributed by atoms with Crippen LogP contribution in [0.4, 0.5) is 13.2 Å². The average Bonchev–Trinajstić information content (AvgIpc) is 2.87. The number of rotatable bonds is 5. The topological polar surface area (TPSA) is 22.0 Å². The van der Waals surface area contributed by atoms with Gasteiger partial charge in [-0.3, -0.25) is 4.79 Å². The Morgan fingerprint density at radius 3 is 2.67 bits per heavy atom. The zero-order valence-electron chi connectivity index (χ0n) is 11.7. The third kappa shape index (κ3) is 3.97. The summed E-state index contributed by atoms with van der Waals surface area (Å²) in [6, 6.07) is 6.92. The van der Waals surface area contributed by atoms with Gasteiger partial charge in [-0.2, -0.15) is 13.2 Å². The molecule has 0 radical (unpaired) electrons. The molecular formula is C16H16F3NO. The van der Waals surface area contributed by atoms with Crippen LogP contribution in [0.25, 0.3) is 0 Å². The van der Waals surface area contributed by atoms with E-state index < -0.39 is 11.7 Å². The van der Waals surface area contributed by atoms with Crippen molar-refractivity contribution < 1.29 is 18.0 Å². The summed E-state index contributed by atoms with van der Waals surface area (Å²) in [5.41, 5.74) is 0.494. The summed E-state index contributed by atoms with van der Waals surface area (Å²) in [6.45, 7) is 2.24. The van der Waals surface area contributed by atoms with Crippen molar-refractivity contribution in [1.29, 1.82) is 0 Å². The van der Waals surface area contributed by atoms with Crippen LogP contribution in [0.1, 0.15) is 41.3 Å². The number of ketones is 1. The fourth-order valence-corrected chi connectivity index (χ4v) is 2.13. The minimum Gasteiger partial charge on any atom is -0.349 e. The minimum absolute atomic E-state index is 0.0558. The van der Waals surface area contributed by atoms with Gasteiger partial charge in [0.05, 0.1) is 5.56 Å². The molecule has 0 aliphatic rings. The lowest BCUT2D eigenvalue weighted by Gasteiger charge is -2.09. The Bertz CT molecular complexity index is 628. The average molecular weight is 295 g/mol. The van der Waals surface area contributed by atoms with Crippen LogP contribution >= 0.6 is 0 Å². The van der Waals surface area contributed by atoms with Crippen molar-refractivity contribution >= 4 is 5.78 Å². The van der Waals surface area contributed by atoms with Gasteiger partial charge in [0.2, 0.25) is 0 Å². The number of hydrogen-bond donors (Lipinski definition) is 0. The maximum absolute atomic E-state index is 12.6. The van der Waals surface area contributed by atoms with Crippen molar-refractivity contribution in [2.24, 2.45) is 0 Å². The van der Waals surface area contributed by atoms with E-state index in [2.05, 4.69) is 0 Å². The summed E-state index contributed by atoms with van der Waals surface area (Å²) < 4.78 is 39.7. The molecule has 0 fully saturated rings. The summed E-state index contributed by atoms with van der Waals surface area (Å²) >= 11 is 0. The van der Waals surface area contributed by atoms with Crippen molar-refractivity contribution in [3.8, 4) is 0 Å². The first-order valence-electron chi connectivity index (χ1n) is 6.75. The second kappa shape index (κ2) is 6.16. The first-order chi connectivity index (χ1) is 9.90. The zero-order valence-corrected chi connectivity index (χ0v) is 11.7. The first kappa shape index (κ1) is 15.4. The van der Waals surface area contributed by atoms with Crippen molar-refractivity contribution in [1.82, 2.24) is 4.57 Å². The second-order valence-electron chi connectivity index (χ2n) is 4.94. The molecule has 0 amide bonds. The van der Waals surface area contributed by atoms with Crippen LogP contribution in [0.2, 0.25) is 0 Å². The third-order valence-electron chi connectivity index (χ3n) is 3.17. The predicted octanol–water partition coefficient (Wildman–Crippen LogP) is 4.54. The molecule has 0 bridgehead atoms. The Morgan fingerprint density at radius 1 is 1.24 bits per heavy atom. The highest BCUT2D eigenvalue weighted by Gasteiger charge is 2.30. The lowest BCUT2D eigenvalue weighted by atomic mass is 10.1. The SMILES string of the molecule is CCCC(=O)c1ccn(Cc2cccc(C(F)(F)F)c2)c1. The molecular weight excluding hydrogens is 279 g/mol. The van der Waals surface area contributed by atoms with E-state index in [0.717, 1.165) is 18.6 Å². The highest BCUT2D eigenvalue weighted by molar-refractivity contribution is 5.95. The van der Waals surface area contributed by atoms with E-state index in [1.54, 1.807) is 29.1 Å². The molecule has 0 saturated heterocycles. The van der Waals surface area contributed by atoms with Crippen LogP contribution < -0.4 is 0 Å². The molecule has 0 N–H and O–H groups in total. The van der Waals surface area contributed by atoms with Gasteiger partial charge >= 0.3 is 6.18 Å². The van der Waals surface area contributed by atoms with E-state index >= 15 is 0 Å². The molecule has 0 aliphatic carbocycles. The van der Waals surface area contributed by atoms with Gasteiger partial charge in [0, 0.05) is 30.9 Å². The van der Waals surface area contributed by atoms with Gasteiger partial charge in [0.15, 0.2) is 5.78 Å². The van der Waals surface area contributed by atoms with Crippen molar-refractivity contribution in [3.05, 3.63) is 59.4 Å². The van der Waals surface area contributed by atoms with Gasteiger partial charge < -0.3 is 4.57 Å². The highest BCUT2D eigenvalue weighted by atomic mass is 19.4. The normalized spacial score (nSPS) is 11.6. The fraction of sp³-hybridized carbons (Fsp3) is 0.312. The van der Waals surface area contributed by atoms with Crippen molar-refractivity contribution in [2.45, 2.75) is 32.5 Å². The predicted molar refractivity (Wildman–Crippen MR) is 74.2 cm³/mol. The molecule has 21 heavy (non-hydrogen) atoms. The van der Waals surface area contributed by atoms with E-state index in [1.807, 2.05) is 6.92 Å². The molecule has 2 aromatic rings. The van der Waals surface area contributed by atoms with Gasteiger partial charge in [-0.1, -0.05) is 19.1 Å². The Hall–Kier alpha value is -2.04. The van der Waals surface area contributed by atoms with E-state index in [-0.39, 0.29) is 5.78 Å². The molecule has 1 heterocycles. The number of alkyl halides is 3. The van der Waals surface area contributed by atoms with E-state index in [9.17, 15) is 18.0 Å². The lowest BCUT2D eigenvalue weighted by molar-refractivity contribution is -0.137. The van der Waals surface area contributed by atoms with Crippen molar-refractivity contribution in [2.75, 3.05) is 0 Å². The standard InChI is InChI=1S/C16H16F3NO/c1-2-4-15(21)13-7-8-20(11-13)10-12-5-3-6-14(9-12)16(17,18)19/h3,5-9,11H,2,4,10H2,1H3. The molecule has 0 spiro atoms. The van der Waals surface area contributed by atoms with Crippen LogP contribution in [0, 0.1) is 0 Å². The zero-order chi connectivity index (χ0) is 15.5. The van der Waals surface area contributed by atoms with Gasteiger partial charge in [-0.25, -0.2) is 0 Å². The van der Waals surface area contributed by atoms with Crippen LogP contribution in [0.3, 0.4) is 0 Å². The summed E-state index contributed by atoms with van der Waals surface area (Å²) in [7, 11) is 0. The van der Waals surface area contributed by atoms with Gasteiger partial charge in [0.25, 0.3) is 0 Å². The van der Waals surface area contributed by atoms with Gasteiger partial charge in [0.1, 0.15) is 0 Å². The number of carbonyl (C=O) groups excluding carboxylic acids is 1. The Labute approximate surface area is 121 Å². The molecule has 0 saturated carbocycles. The van der Waals surface area contributed by atoms with Gasteiger partial charge in [-0.15, -0.1) is 0 Å². The Balaban J connectivity index is 2.14. The number of nitrogens with zero attached hydrogens (tertiary/aromatic N) is 1. The first-order valence-corrected chi connectivity index (χ1v) is 6.75. The second-order valence-corrected chi connectivity index (χ2v) is 4.94. The number of aromatic nitrogens is 1. The molecule has 2 nitrogen and oxygen atoms in total. The molecule has 0 unspecified atom stereocenters. The largest absolute Gasteiger partial charge is 0.416 e. The monoisotopic (exact) mass is 295 g/mol. The van der Waals surface area contributed by atoms with E-state index in [4.69, 9.17) is 0 Å². The molecule has 5 heteroatoms. The fourth-order valence-electron chi connectivity index (χ4n) is 2.13. The molecule has 0 atom stereocenters. The molecule has 112 valence electrons. The summed E-state index contributed by atoms with van der Waals surface area (Å²) in [5.74, 6) is 0.0558. The Kier molecular flexibility index (Phi) is 4.50. The van der Waals surface area contributed by atoms with Gasteiger partial charge in [-0.05, 0) is 30.2 Å². The van der Waals surface area contributed by atoms with Crippen LogP contribution in [-0.4, -0.2) is 10.4 Å². The van der Waals surface area contributed by atoms with Crippen LogP contribution in [-0.2, 0) is 12.7 Å². The minimum atomic E-state index is -4.34. The maximum atomic E-state index is 12.6. The molecule has 2 rings (SSSR count). The summed E-state index contributed by atoms with van der Waals surface area (Å²) in [4.78, 5) is 11.7. The number of hydrogen-bond acceptors (Lipinski definition) is 1. The maximum Gasteiger partial charge on any atom is 0.416 e. The number of Topliss-reactive ketones (excluding diaryl/α,β-unsaturated/α-hetero) is 1. The third-order valence-corrected chi connectivity index (χ3v) is 3.17. The smallest absolute Gasteiger partial charge is 0.349 e. The van der Waals surface area contributed by atoms with Crippen molar-refractivity contribution in [3.63, 3.8) is 0 Å². The Morgan fingerprint density at radius 2 is 2.00 bits per heavy atom. The number of carbonyl (C=O) groups is 1. The van der Waals surface area contributed by atoms with E-state index in [0.29, 0.717) is 24.1 Å². The molecule has 1 aromatic heterocycles. The van der Waals surface area contributed by atoms with Crippen LogP contribution in [0.5, 0.6) is 0 Å². The summed E-state index contributed by atoms with van der Waals surface area (Å²) in [6.07, 6.45) is 0.307. The number of benzene rings is 1. The lowest BCUT2D eigenvalue weighted by Crippen LogP contribution is -2.06. The van der Waals surface area contributed by atoms with Crippen LogP contribution in [0.15, 0.2) is 42.7 Å². The van der Waals surface area contributed by atoms with E-state index in [1.165, 1.54) is 6.07 Å².